The lowest BCUT2D eigenvalue weighted by Gasteiger charge is -2.06. The number of carbonyl (C=O) groups is 2. The van der Waals surface area contributed by atoms with Gasteiger partial charge in [0.2, 0.25) is 0 Å². The maximum Gasteiger partial charge on any atom is 0.329 e. The zero-order valence-corrected chi connectivity index (χ0v) is 13.4. The van der Waals surface area contributed by atoms with E-state index in [0.29, 0.717) is 5.69 Å². The van der Waals surface area contributed by atoms with Crippen LogP contribution in [0.25, 0.3) is 0 Å². The van der Waals surface area contributed by atoms with Crippen LogP contribution in [0.4, 0.5) is 5.69 Å². The monoisotopic (exact) mass is 309 g/mol. The molecule has 0 unspecified atom stereocenters. The summed E-state index contributed by atoms with van der Waals surface area (Å²) >= 11 is 0. The van der Waals surface area contributed by atoms with Crippen molar-refractivity contribution in [2.45, 2.75) is 20.8 Å². The molecule has 0 heterocycles. The van der Waals surface area contributed by atoms with Crippen LogP contribution in [0.1, 0.15) is 22.3 Å². The van der Waals surface area contributed by atoms with Gasteiger partial charge in [-0.3, -0.25) is 9.59 Å². The van der Waals surface area contributed by atoms with Gasteiger partial charge in [0.15, 0.2) is 0 Å². The Hall–Kier alpha value is -2.95. The zero-order chi connectivity index (χ0) is 16.8. The molecule has 2 aromatic rings. The van der Waals surface area contributed by atoms with Gasteiger partial charge in [-0.1, -0.05) is 35.9 Å². The minimum Gasteiger partial charge on any atom is -0.318 e. The number of rotatable bonds is 3. The molecule has 2 rings (SSSR count). The summed E-state index contributed by atoms with van der Waals surface area (Å²) in [5.41, 5.74) is 7.02. The number of nitrogens with zero attached hydrogens (tertiary/aromatic N) is 1. The Bertz CT molecular complexity index is 729. The molecule has 0 bridgehead atoms. The number of benzene rings is 2. The van der Waals surface area contributed by atoms with Gasteiger partial charge in [-0.15, -0.1) is 0 Å². The second-order valence-corrected chi connectivity index (χ2v) is 5.33. The van der Waals surface area contributed by atoms with Crippen LogP contribution in [0.15, 0.2) is 47.6 Å². The Balaban J connectivity index is 1.98. The fraction of sp³-hybridized carbons (Fsp3) is 0.167. The summed E-state index contributed by atoms with van der Waals surface area (Å²) in [5.74, 6) is -1.57. The van der Waals surface area contributed by atoms with Crippen LogP contribution in [0, 0.1) is 20.8 Å². The Morgan fingerprint density at radius 1 is 0.957 bits per heavy atom. The third kappa shape index (κ3) is 4.51. The first kappa shape index (κ1) is 16.4. The summed E-state index contributed by atoms with van der Waals surface area (Å²) in [6.07, 6.45) is 1.55. The predicted octanol–water partition coefficient (Wildman–Crippen LogP) is 2.70. The number of amides is 2. The van der Waals surface area contributed by atoms with Crippen LogP contribution in [-0.2, 0) is 9.59 Å². The van der Waals surface area contributed by atoms with Crippen molar-refractivity contribution in [1.82, 2.24) is 5.43 Å². The van der Waals surface area contributed by atoms with Crippen LogP contribution in [0.2, 0.25) is 0 Å². The molecule has 5 nitrogen and oxygen atoms in total. The number of hydrazone groups is 1. The molecule has 0 fully saturated rings. The lowest BCUT2D eigenvalue weighted by atomic mass is 10.0. The summed E-state index contributed by atoms with van der Waals surface area (Å²) in [5, 5.41) is 6.37. The fourth-order valence-electron chi connectivity index (χ4n) is 2.31. The van der Waals surface area contributed by atoms with Gasteiger partial charge < -0.3 is 5.32 Å². The molecule has 0 saturated carbocycles. The van der Waals surface area contributed by atoms with Gasteiger partial charge >= 0.3 is 11.8 Å². The Morgan fingerprint density at radius 3 is 2.17 bits per heavy atom. The molecule has 0 aliphatic carbocycles. The van der Waals surface area contributed by atoms with Gasteiger partial charge in [0.25, 0.3) is 0 Å². The lowest BCUT2D eigenvalue weighted by molar-refractivity contribution is -0.136. The number of carbonyl (C=O) groups excluding carboxylic acids is 2. The maximum absolute atomic E-state index is 11.7. The fourth-order valence-corrected chi connectivity index (χ4v) is 2.31. The first-order valence-electron chi connectivity index (χ1n) is 7.24. The molecule has 0 aliphatic heterocycles. The van der Waals surface area contributed by atoms with Crippen molar-refractivity contribution >= 4 is 23.7 Å². The Morgan fingerprint density at radius 2 is 1.57 bits per heavy atom. The van der Waals surface area contributed by atoms with E-state index in [9.17, 15) is 9.59 Å². The summed E-state index contributed by atoms with van der Waals surface area (Å²) in [6, 6.07) is 12.9. The van der Waals surface area contributed by atoms with Crippen molar-refractivity contribution in [3.63, 3.8) is 0 Å². The second kappa shape index (κ2) is 7.35. The van der Waals surface area contributed by atoms with E-state index < -0.39 is 11.8 Å². The van der Waals surface area contributed by atoms with E-state index in [4.69, 9.17) is 0 Å². The SMILES string of the molecule is Cc1cc(C)c(C=NNC(=O)C(=O)Nc2ccccc2)c(C)c1. The standard InChI is InChI=1S/C18H19N3O2/c1-12-9-13(2)16(14(3)10-12)11-19-21-18(23)17(22)20-15-7-5-4-6-8-15/h4-11H,1-3H3,(H,20,22)(H,21,23). The summed E-state index contributed by atoms with van der Waals surface area (Å²) < 4.78 is 0. The first-order valence-corrected chi connectivity index (χ1v) is 7.24. The average Bonchev–Trinajstić information content (AvgIpc) is 2.50. The Labute approximate surface area is 135 Å². The molecule has 118 valence electrons. The molecule has 0 saturated heterocycles. The number of hydrogen-bond acceptors (Lipinski definition) is 3. The molecule has 0 spiro atoms. The number of aryl methyl sites for hydroxylation is 3. The van der Waals surface area contributed by atoms with Gasteiger partial charge in [0.1, 0.15) is 0 Å². The van der Waals surface area contributed by atoms with Gasteiger partial charge in [-0.25, -0.2) is 5.43 Å². The minimum absolute atomic E-state index is 0.557. The highest BCUT2D eigenvalue weighted by atomic mass is 16.2. The molecule has 0 aliphatic rings. The van der Waals surface area contributed by atoms with Crippen molar-refractivity contribution < 1.29 is 9.59 Å². The van der Waals surface area contributed by atoms with Crippen LogP contribution in [0.5, 0.6) is 0 Å². The minimum atomic E-state index is -0.812. The molecule has 5 heteroatoms. The molecule has 0 radical (unpaired) electrons. The molecule has 2 N–H and O–H groups in total. The van der Waals surface area contributed by atoms with Crippen LogP contribution < -0.4 is 10.7 Å². The molecule has 0 aromatic heterocycles. The van der Waals surface area contributed by atoms with Gasteiger partial charge in [0, 0.05) is 11.3 Å². The maximum atomic E-state index is 11.7. The highest BCUT2D eigenvalue weighted by molar-refractivity contribution is 6.39. The number of nitrogens with one attached hydrogen (secondary N) is 2. The van der Waals surface area contributed by atoms with E-state index in [1.165, 1.54) is 5.56 Å². The molecule has 0 atom stereocenters. The summed E-state index contributed by atoms with van der Waals surface area (Å²) in [4.78, 5) is 23.5. The average molecular weight is 309 g/mol. The first-order chi connectivity index (χ1) is 11.0. The van der Waals surface area contributed by atoms with Crippen LogP contribution in [-0.4, -0.2) is 18.0 Å². The molecule has 2 aromatic carbocycles. The van der Waals surface area contributed by atoms with Gasteiger partial charge in [-0.05, 0) is 44.0 Å². The van der Waals surface area contributed by atoms with Crippen molar-refractivity contribution in [1.29, 1.82) is 0 Å². The van der Waals surface area contributed by atoms with Crippen molar-refractivity contribution in [3.8, 4) is 0 Å². The van der Waals surface area contributed by atoms with Crippen molar-refractivity contribution in [2.75, 3.05) is 5.32 Å². The largest absolute Gasteiger partial charge is 0.329 e. The predicted molar refractivity (Wildman–Crippen MR) is 91.5 cm³/mol. The second-order valence-electron chi connectivity index (χ2n) is 5.33. The summed E-state index contributed by atoms with van der Waals surface area (Å²) in [7, 11) is 0. The molecular formula is C18H19N3O2. The number of para-hydroxylation sites is 1. The van der Waals surface area contributed by atoms with E-state index in [2.05, 4.69) is 15.8 Å². The Kier molecular flexibility index (Phi) is 5.25. The molecular weight excluding hydrogens is 290 g/mol. The smallest absolute Gasteiger partial charge is 0.318 e. The van der Waals surface area contributed by atoms with Crippen molar-refractivity contribution in [2.24, 2.45) is 5.10 Å². The molecule has 2 amide bonds. The van der Waals surface area contributed by atoms with E-state index in [0.717, 1.165) is 16.7 Å². The van der Waals surface area contributed by atoms with E-state index in [1.54, 1.807) is 30.5 Å². The van der Waals surface area contributed by atoms with E-state index >= 15 is 0 Å². The topological polar surface area (TPSA) is 70.6 Å². The van der Waals surface area contributed by atoms with Gasteiger partial charge in [0.05, 0.1) is 6.21 Å². The quantitative estimate of drug-likeness (QED) is 0.520. The highest BCUT2D eigenvalue weighted by Crippen LogP contribution is 2.14. The third-order valence-corrected chi connectivity index (χ3v) is 3.34. The van der Waals surface area contributed by atoms with E-state index in [-0.39, 0.29) is 0 Å². The van der Waals surface area contributed by atoms with Gasteiger partial charge in [-0.2, -0.15) is 5.10 Å². The zero-order valence-electron chi connectivity index (χ0n) is 13.4. The normalized spacial score (nSPS) is 10.6. The van der Waals surface area contributed by atoms with Crippen molar-refractivity contribution in [3.05, 3.63) is 64.7 Å². The number of hydrogen-bond donors (Lipinski definition) is 2. The van der Waals surface area contributed by atoms with Crippen LogP contribution in [0.3, 0.4) is 0 Å². The third-order valence-electron chi connectivity index (χ3n) is 3.34. The highest BCUT2D eigenvalue weighted by Gasteiger charge is 2.12. The van der Waals surface area contributed by atoms with E-state index in [1.807, 2.05) is 39.0 Å². The summed E-state index contributed by atoms with van der Waals surface area (Å²) in [6.45, 7) is 5.98. The number of anilines is 1. The lowest BCUT2D eigenvalue weighted by Crippen LogP contribution is -2.32. The molecule has 23 heavy (non-hydrogen) atoms. The van der Waals surface area contributed by atoms with Crippen LogP contribution >= 0.6 is 0 Å².